The van der Waals surface area contributed by atoms with E-state index in [2.05, 4.69) is 25.9 Å². The molecule has 5 N–H and O–H groups in total. The van der Waals surface area contributed by atoms with Crippen LogP contribution < -0.4 is 0 Å². The van der Waals surface area contributed by atoms with Gasteiger partial charge in [0.1, 0.15) is 22.8 Å². The summed E-state index contributed by atoms with van der Waals surface area (Å²) in [5.41, 5.74) is 1.25. The Morgan fingerprint density at radius 3 is 1.07 bits per heavy atom. The summed E-state index contributed by atoms with van der Waals surface area (Å²) in [6.07, 6.45) is 4.07. The van der Waals surface area contributed by atoms with Gasteiger partial charge in [-0.2, -0.15) is 0 Å². The quantitative estimate of drug-likeness (QED) is 0.181. The van der Waals surface area contributed by atoms with E-state index in [1.54, 1.807) is 0 Å². The van der Waals surface area contributed by atoms with Gasteiger partial charge in [-0.25, -0.2) is 4.21 Å². The molecule has 0 aromatic heterocycles. The van der Waals surface area contributed by atoms with Crippen LogP contribution in [0.1, 0.15) is 47.0 Å². The standard InChI is InChI=1S/C5H10N.2C4H8N2O2.Co.H2O3S/c1-2-4-6-5-3-1;2*1-3(5-7)4(2)6-8;;1-4(2)3/h1-5H2;2*7-8H,1-2H3;;(H2,1,2,3)/q-1;;;+2;/p-1/b;2*5-3+,6-4+;;. The first kappa shape index (κ1) is 33.0. The Balaban J connectivity index is -0.000000133. The van der Waals surface area contributed by atoms with Crippen molar-refractivity contribution in [2.45, 2.75) is 47.0 Å². The second-order valence-corrected chi connectivity index (χ2v) is 5.12. The van der Waals surface area contributed by atoms with Crippen molar-refractivity contribution in [2.75, 3.05) is 13.1 Å². The Hall–Kier alpha value is -1.58. The molecule has 1 atom stereocenters. The van der Waals surface area contributed by atoms with Gasteiger partial charge in [0.25, 0.3) is 0 Å². The third kappa shape index (κ3) is 29.4. The van der Waals surface area contributed by atoms with E-state index >= 15 is 0 Å². The topological polar surface area (TPSA) is 205 Å². The predicted octanol–water partition coefficient (Wildman–Crippen LogP) is 2.25. The summed E-state index contributed by atoms with van der Waals surface area (Å²) in [7, 11) is 0. The van der Waals surface area contributed by atoms with Gasteiger partial charge in [-0.3, -0.25) is 0 Å². The van der Waals surface area contributed by atoms with Crippen LogP contribution in [0.25, 0.3) is 5.32 Å². The molecule has 0 amide bonds. The van der Waals surface area contributed by atoms with Crippen LogP contribution in [0.3, 0.4) is 0 Å². The number of rotatable bonds is 2. The molecule has 161 valence electrons. The van der Waals surface area contributed by atoms with Gasteiger partial charge < -0.3 is 35.3 Å². The van der Waals surface area contributed by atoms with E-state index in [0.29, 0.717) is 22.8 Å². The van der Waals surface area contributed by atoms with E-state index in [0.717, 1.165) is 13.1 Å². The van der Waals surface area contributed by atoms with E-state index in [1.807, 2.05) is 0 Å². The van der Waals surface area contributed by atoms with E-state index in [1.165, 1.54) is 47.0 Å². The summed E-state index contributed by atoms with van der Waals surface area (Å²) < 4.78 is 24.1. The third-order valence-electron chi connectivity index (χ3n) is 2.78. The van der Waals surface area contributed by atoms with Crippen molar-refractivity contribution in [1.29, 1.82) is 0 Å². The van der Waals surface area contributed by atoms with Crippen molar-refractivity contribution in [1.82, 2.24) is 0 Å². The summed E-state index contributed by atoms with van der Waals surface area (Å²) in [6.45, 7) is 8.40. The van der Waals surface area contributed by atoms with Crippen molar-refractivity contribution < 1.29 is 50.9 Å². The number of hydrogen-bond donors (Lipinski definition) is 5. The maximum absolute atomic E-state index is 8.56. The van der Waals surface area contributed by atoms with Crippen molar-refractivity contribution in [3.05, 3.63) is 5.32 Å². The van der Waals surface area contributed by atoms with Crippen LogP contribution in [0.5, 0.6) is 0 Å². The van der Waals surface area contributed by atoms with E-state index in [-0.39, 0.29) is 16.8 Å². The van der Waals surface area contributed by atoms with Crippen LogP contribution in [-0.2, 0) is 28.1 Å². The molecule has 0 aromatic rings. The third-order valence-corrected chi connectivity index (χ3v) is 2.78. The van der Waals surface area contributed by atoms with Gasteiger partial charge in [0.05, 0.1) is 11.4 Å². The Kier molecular flexibility index (Phi) is 29.9. The number of nitrogens with zero attached hydrogens (tertiary/aromatic N) is 5. The fourth-order valence-corrected chi connectivity index (χ4v) is 1.03. The van der Waals surface area contributed by atoms with Crippen LogP contribution in [0, 0.1) is 0 Å². The predicted molar refractivity (Wildman–Crippen MR) is 98.1 cm³/mol. The zero-order chi connectivity index (χ0) is 21.0. The van der Waals surface area contributed by atoms with Crippen LogP contribution in [0.2, 0.25) is 0 Å². The molecule has 1 rings (SSSR count). The maximum Gasteiger partial charge on any atom is 2.00 e. The summed E-state index contributed by atoms with van der Waals surface area (Å²) >= 11 is -2.86. The molecule has 1 aliphatic heterocycles. The second-order valence-electron chi connectivity index (χ2n) is 4.69. The molecule has 1 fully saturated rings. The molecule has 1 unspecified atom stereocenters. The largest absolute Gasteiger partial charge is 2.00 e. The molecule has 0 bridgehead atoms. The number of hydrogen-bond acceptors (Lipinski definition) is 10. The fraction of sp³-hybridized carbons (Fsp3) is 0.692. The summed E-state index contributed by atoms with van der Waals surface area (Å²) in [6, 6.07) is 0. The summed E-state index contributed by atoms with van der Waals surface area (Å²) in [4.78, 5) is 0. The Morgan fingerprint density at radius 1 is 0.778 bits per heavy atom. The zero-order valence-corrected chi connectivity index (χ0v) is 17.4. The molecule has 0 aliphatic carbocycles. The van der Waals surface area contributed by atoms with E-state index in [9.17, 15) is 0 Å². The summed E-state index contributed by atoms with van der Waals surface area (Å²) in [5, 5.41) is 47.4. The first-order chi connectivity index (χ1) is 12.2. The zero-order valence-electron chi connectivity index (χ0n) is 15.6. The molecule has 1 heterocycles. The van der Waals surface area contributed by atoms with Crippen LogP contribution in [-0.4, -0.2) is 70.1 Å². The summed E-state index contributed by atoms with van der Waals surface area (Å²) in [5.74, 6) is 0. The number of oxime groups is 4. The number of piperidine rings is 1. The molecule has 1 radical (unpaired) electrons. The molecule has 14 heteroatoms. The smallest absolute Gasteiger partial charge is 0.750 e. The SMILES string of the molecule is C1CC[N-]CC1.CC(=N\O)/C(C)=N/O.CC(=N\O)/C(C)=N/O.O=S([O-])O.[Co+2]. The second kappa shape index (κ2) is 24.4. The first-order valence-electron chi connectivity index (χ1n) is 7.34. The van der Waals surface area contributed by atoms with Gasteiger partial charge in [0, 0.05) is 0 Å². The minimum Gasteiger partial charge on any atom is -0.750 e. The molecule has 12 nitrogen and oxygen atoms in total. The van der Waals surface area contributed by atoms with E-state index in [4.69, 9.17) is 34.1 Å². The van der Waals surface area contributed by atoms with Gasteiger partial charge in [0.2, 0.25) is 0 Å². The first-order valence-corrected chi connectivity index (χ1v) is 8.37. The van der Waals surface area contributed by atoms with Gasteiger partial charge >= 0.3 is 16.8 Å². The maximum atomic E-state index is 8.56. The van der Waals surface area contributed by atoms with Crippen molar-refractivity contribution in [3.63, 3.8) is 0 Å². The average molecular weight is 456 g/mol. The molecular weight excluding hydrogens is 429 g/mol. The van der Waals surface area contributed by atoms with Crippen LogP contribution in [0.4, 0.5) is 0 Å². The molecule has 0 aromatic carbocycles. The Labute approximate surface area is 171 Å². The Morgan fingerprint density at radius 2 is 1.00 bits per heavy atom. The molecule has 1 aliphatic rings. The van der Waals surface area contributed by atoms with Crippen LogP contribution >= 0.6 is 0 Å². The minimum atomic E-state index is -2.86. The van der Waals surface area contributed by atoms with Gasteiger partial charge in [-0.15, -0.1) is 13.1 Å². The molecular formula is C13H27CoN5O7S. The fourth-order valence-electron chi connectivity index (χ4n) is 1.03. The normalized spacial score (nSPS) is 16.1. The van der Waals surface area contributed by atoms with E-state index < -0.39 is 11.4 Å². The molecule has 0 saturated carbocycles. The molecule has 0 spiro atoms. The molecule has 27 heavy (non-hydrogen) atoms. The van der Waals surface area contributed by atoms with Crippen molar-refractivity contribution in [2.24, 2.45) is 20.6 Å². The Bertz CT molecular complexity index is 418. The average Bonchev–Trinajstić information content (AvgIpc) is 2.67. The van der Waals surface area contributed by atoms with Gasteiger partial charge in [-0.1, -0.05) is 39.9 Å². The van der Waals surface area contributed by atoms with Crippen LogP contribution in [0.15, 0.2) is 20.6 Å². The van der Waals surface area contributed by atoms with Gasteiger partial charge in [-0.05, 0) is 27.7 Å². The van der Waals surface area contributed by atoms with Crippen molar-refractivity contribution in [3.8, 4) is 0 Å². The van der Waals surface area contributed by atoms with Gasteiger partial charge in [0.15, 0.2) is 0 Å². The molecule has 1 saturated heterocycles. The van der Waals surface area contributed by atoms with Crippen molar-refractivity contribution >= 4 is 34.2 Å². The minimum absolute atomic E-state index is 0. The monoisotopic (exact) mass is 456 g/mol.